The van der Waals surface area contributed by atoms with Crippen molar-refractivity contribution in [3.05, 3.63) is 0 Å². The lowest BCUT2D eigenvalue weighted by atomic mass is 10.00. The summed E-state index contributed by atoms with van der Waals surface area (Å²) in [6.07, 6.45) is 36.3. The number of hydrogen-bond donors (Lipinski definition) is 3. The van der Waals surface area contributed by atoms with Crippen molar-refractivity contribution in [1.82, 2.24) is 0 Å². The summed E-state index contributed by atoms with van der Waals surface area (Å²) >= 11 is 0. The van der Waals surface area contributed by atoms with Gasteiger partial charge in [-0.2, -0.15) is 0 Å². The van der Waals surface area contributed by atoms with Crippen LogP contribution in [0.4, 0.5) is 0 Å². The van der Waals surface area contributed by atoms with Gasteiger partial charge in [0.2, 0.25) is 0 Å². The SMILES string of the molecule is CCC(C)CCCCCCCCC(=O)OC[C@H](COP(=O)(O)OCC(O)COP(=O)(O)OC[C@@H](COC(=O)CCCCCCCCCCC(C)C)OC(=O)CCCCCCCCC(C)CC)OC(=O)CCCCCCCCCCCCCC(C)C. The van der Waals surface area contributed by atoms with Crippen LogP contribution in [0.1, 0.15) is 319 Å². The second-order valence-electron chi connectivity index (χ2n) is 25.3. The first-order chi connectivity index (χ1) is 40.7. The maximum absolute atomic E-state index is 13.0. The highest BCUT2D eigenvalue weighted by molar-refractivity contribution is 7.47. The normalized spacial score (nSPS) is 15.0. The molecule has 17 nitrogen and oxygen atoms in total. The third-order valence-electron chi connectivity index (χ3n) is 15.8. The minimum atomic E-state index is -4.95. The second-order valence-corrected chi connectivity index (χ2v) is 28.2. The van der Waals surface area contributed by atoms with Crippen LogP contribution in [0.3, 0.4) is 0 Å². The van der Waals surface area contributed by atoms with Gasteiger partial charge in [0, 0.05) is 25.7 Å². The molecule has 0 spiro atoms. The minimum Gasteiger partial charge on any atom is -0.462 e. The van der Waals surface area contributed by atoms with Gasteiger partial charge >= 0.3 is 39.5 Å². The van der Waals surface area contributed by atoms with Crippen LogP contribution in [0.15, 0.2) is 0 Å². The Labute approximate surface area is 517 Å². The molecule has 0 aliphatic rings. The highest BCUT2D eigenvalue weighted by Crippen LogP contribution is 2.45. The van der Waals surface area contributed by atoms with Crippen molar-refractivity contribution in [3.63, 3.8) is 0 Å². The fraction of sp³-hybridized carbons (Fsp3) is 0.939. The monoisotopic (exact) mass is 1250 g/mol. The molecular weight excluding hydrogens is 1130 g/mol. The molecule has 0 aromatic rings. The lowest BCUT2D eigenvalue weighted by molar-refractivity contribution is -0.161. The van der Waals surface area contributed by atoms with E-state index in [-0.39, 0.29) is 25.7 Å². The van der Waals surface area contributed by atoms with E-state index in [1.165, 1.54) is 116 Å². The zero-order valence-corrected chi connectivity index (χ0v) is 57.0. The zero-order valence-electron chi connectivity index (χ0n) is 55.2. The summed E-state index contributed by atoms with van der Waals surface area (Å²) in [6.45, 7) is 14.0. The van der Waals surface area contributed by atoms with E-state index in [9.17, 15) is 43.2 Å². The number of carbonyl (C=O) groups excluding carboxylic acids is 4. The van der Waals surface area contributed by atoms with Crippen LogP contribution >= 0.6 is 15.6 Å². The zero-order chi connectivity index (χ0) is 63.2. The van der Waals surface area contributed by atoms with E-state index < -0.39 is 97.5 Å². The average molecular weight is 1260 g/mol. The van der Waals surface area contributed by atoms with Crippen LogP contribution in [-0.2, 0) is 65.4 Å². The van der Waals surface area contributed by atoms with Crippen LogP contribution < -0.4 is 0 Å². The molecule has 0 saturated heterocycles. The molecule has 0 rings (SSSR count). The van der Waals surface area contributed by atoms with Crippen LogP contribution in [0.25, 0.3) is 0 Å². The maximum atomic E-state index is 13.0. The molecule has 0 aromatic heterocycles. The summed E-state index contributed by atoms with van der Waals surface area (Å²) in [6, 6.07) is 0. The highest BCUT2D eigenvalue weighted by atomic mass is 31.2. The van der Waals surface area contributed by atoms with Gasteiger partial charge in [-0.3, -0.25) is 37.3 Å². The fourth-order valence-corrected chi connectivity index (χ4v) is 11.3. The van der Waals surface area contributed by atoms with E-state index in [0.717, 1.165) is 120 Å². The van der Waals surface area contributed by atoms with E-state index in [0.29, 0.717) is 25.7 Å². The van der Waals surface area contributed by atoms with Crippen molar-refractivity contribution in [2.24, 2.45) is 23.7 Å². The number of aliphatic hydroxyl groups excluding tert-OH is 1. The number of aliphatic hydroxyl groups is 1. The third kappa shape index (κ3) is 58.2. The third-order valence-corrected chi connectivity index (χ3v) is 17.7. The molecule has 3 N–H and O–H groups in total. The largest absolute Gasteiger partial charge is 0.472 e. The van der Waals surface area contributed by atoms with E-state index in [1.807, 2.05) is 0 Å². The van der Waals surface area contributed by atoms with Gasteiger partial charge in [-0.05, 0) is 49.4 Å². The number of unbranched alkanes of at least 4 members (excludes halogenated alkanes) is 27. The molecule has 0 aromatic carbocycles. The Bertz CT molecular complexity index is 1700. The standard InChI is InChI=1S/C66H128O17P2/c1-9-58(7)44-36-28-22-24-31-39-47-64(69)77-53-61(82-65(70)48-40-32-21-15-13-11-12-14-18-26-34-42-56(3)4)54-80-84(72,73)78-50-60(67)51-79-85(74,75)81-55-62(83-66(71)49-41-33-25-23-29-37-45-59(8)10-2)52-76-63(68)46-38-30-20-17-16-19-27-35-43-57(5)6/h56-62,67H,9-55H2,1-8H3,(H,72,73)(H,74,75)/t58?,59?,60?,61-,62-/m1/s1. The summed E-state index contributed by atoms with van der Waals surface area (Å²) in [7, 11) is -9.89. The predicted octanol–water partition coefficient (Wildman–Crippen LogP) is 18.1. The number of phosphoric ester groups is 2. The highest BCUT2D eigenvalue weighted by Gasteiger charge is 2.30. The first-order valence-corrected chi connectivity index (χ1v) is 37.3. The van der Waals surface area contributed by atoms with Crippen molar-refractivity contribution in [2.75, 3.05) is 39.6 Å². The Morgan fingerprint density at radius 1 is 0.329 bits per heavy atom. The van der Waals surface area contributed by atoms with Crippen LogP contribution in [-0.4, -0.2) is 96.7 Å². The average Bonchev–Trinajstić information content (AvgIpc) is 3.66. The molecule has 0 radical (unpaired) electrons. The first kappa shape index (κ1) is 83.1. The minimum absolute atomic E-state index is 0.102. The molecule has 0 amide bonds. The molecule has 5 unspecified atom stereocenters. The molecule has 85 heavy (non-hydrogen) atoms. The van der Waals surface area contributed by atoms with E-state index >= 15 is 0 Å². The summed E-state index contributed by atoms with van der Waals surface area (Å²) in [4.78, 5) is 72.3. The van der Waals surface area contributed by atoms with E-state index in [2.05, 4.69) is 55.4 Å². The van der Waals surface area contributed by atoms with Crippen molar-refractivity contribution in [3.8, 4) is 0 Å². The van der Waals surface area contributed by atoms with Crippen molar-refractivity contribution < 1.29 is 80.2 Å². The topological polar surface area (TPSA) is 237 Å². The lowest BCUT2D eigenvalue weighted by Gasteiger charge is -2.21. The van der Waals surface area contributed by atoms with E-state index in [1.54, 1.807) is 0 Å². The molecule has 0 bridgehead atoms. The van der Waals surface area contributed by atoms with Gasteiger partial charge in [-0.25, -0.2) is 9.13 Å². The molecule has 0 aliphatic carbocycles. The van der Waals surface area contributed by atoms with E-state index in [4.69, 9.17) is 37.0 Å². The predicted molar refractivity (Wildman–Crippen MR) is 340 cm³/mol. The van der Waals surface area contributed by atoms with Crippen LogP contribution in [0.5, 0.6) is 0 Å². The summed E-state index contributed by atoms with van der Waals surface area (Å²) in [5, 5.41) is 10.6. The molecule has 19 heteroatoms. The Balaban J connectivity index is 5.26. The first-order valence-electron chi connectivity index (χ1n) is 34.3. The number of carbonyl (C=O) groups is 4. The summed E-state index contributed by atoms with van der Waals surface area (Å²) in [5.41, 5.74) is 0. The molecular formula is C66H128O17P2. The second kappa shape index (κ2) is 56.1. The number of rotatable bonds is 63. The Morgan fingerprint density at radius 2 is 0.565 bits per heavy atom. The van der Waals surface area contributed by atoms with Crippen molar-refractivity contribution in [1.29, 1.82) is 0 Å². The van der Waals surface area contributed by atoms with Gasteiger partial charge < -0.3 is 33.8 Å². The molecule has 0 aliphatic heterocycles. The van der Waals surface area contributed by atoms with Gasteiger partial charge in [-0.15, -0.1) is 0 Å². The van der Waals surface area contributed by atoms with Crippen molar-refractivity contribution in [2.45, 2.75) is 337 Å². The van der Waals surface area contributed by atoms with Gasteiger partial charge in [0.05, 0.1) is 26.4 Å². The molecule has 7 atom stereocenters. The quantitative estimate of drug-likeness (QED) is 0.0222. The number of phosphoric acid groups is 2. The smallest absolute Gasteiger partial charge is 0.462 e. The Morgan fingerprint density at radius 3 is 0.835 bits per heavy atom. The number of ether oxygens (including phenoxy) is 4. The van der Waals surface area contributed by atoms with Crippen molar-refractivity contribution >= 4 is 39.5 Å². The van der Waals surface area contributed by atoms with Crippen LogP contribution in [0.2, 0.25) is 0 Å². The van der Waals surface area contributed by atoms with Gasteiger partial charge in [-0.1, -0.05) is 267 Å². The molecule has 0 saturated carbocycles. The summed E-state index contributed by atoms with van der Waals surface area (Å²) in [5.74, 6) is 0.804. The van der Waals surface area contributed by atoms with Gasteiger partial charge in [0.25, 0.3) is 0 Å². The fourth-order valence-electron chi connectivity index (χ4n) is 9.72. The maximum Gasteiger partial charge on any atom is 0.472 e. The van der Waals surface area contributed by atoms with Crippen LogP contribution in [0, 0.1) is 23.7 Å². The lowest BCUT2D eigenvalue weighted by Crippen LogP contribution is -2.30. The van der Waals surface area contributed by atoms with Gasteiger partial charge in [0.1, 0.15) is 19.3 Å². The number of hydrogen-bond acceptors (Lipinski definition) is 15. The molecule has 504 valence electrons. The van der Waals surface area contributed by atoms with Gasteiger partial charge in [0.15, 0.2) is 12.2 Å². The summed E-state index contributed by atoms with van der Waals surface area (Å²) < 4.78 is 68.1. The molecule has 0 heterocycles. The number of esters is 4. The Hall–Kier alpha value is -1.94. The Kier molecular flexibility index (Phi) is 54.8. The molecule has 0 fully saturated rings.